The van der Waals surface area contributed by atoms with Gasteiger partial charge in [0.1, 0.15) is 5.82 Å². The first-order valence-electron chi connectivity index (χ1n) is 7.55. The van der Waals surface area contributed by atoms with Crippen molar-refractivity contribution in [2.24, 2.45) is 18.7 Å². The van der Waals surface area contributed by atoms with Crippen LogP contribution in [0.3, 0.4) is 0 Å². The average Bonchev–Trinajstić information content (AvgIpc) is 2.64. The quantitative estimate of drug-likeness (QED) is 0.907. The molecule has 4 nitrogen and oxygen atoms in total. The number of nitrogens with zero attached hydrogens (tertiary/aromatic N) is 3. The van der Waals surface area contributed by atoms with Gasteiger partial charge in [-0.25, -0.2) is 0 Å². The minimum atomic E-state index is 0.190. The second kappa shape index (κ2) is 5.95. The zero-order valence-electron chi connectivity index (χ0n) is 12.8. The fourth-order valence-corrected chi connectivity index (χ4v) is 3.20. The van der Waals surface area contributed by atoms with Gasteiger partial charge in [-0.1, -0.05) is 13.3 Å². The molecule has 1 atom stereocenters. The molecule has 1 unspecified atom stereocenters. The molecule has 2 N–H and O–H groups in total. The Morgan fingerprint density at radius 2 is 2.00 bits per heavy atom. The van der Waals surface area contributed by atoms with Crippen LogP contribution in [-0.2, 0) is 13.5 Å². The highest BCUT2D eigenvalue weighted by atomic mass is 15.4. The highest BCUT2D eigenvalue weighted by Gasteiger charge is 2.24. The minimum Gasteiger partial charge on any atom is -0.357 e. The maximum Gasteiger partial charge on any atom is 0.130 e. The summed E-state index contributed by atoms with van der Waals surface area (Å²) in [5.41, 5.74) is 8.46. The van der Waals surface area contributed by atoms with Gasteiger partial charge in [0.05, 0.1) is 5.69 Å². The van der Waals surface area contributed by atoms with Crippen molar-refractivity contribution in [3.8, 4) is 0 Å². The van der Waals surface area contributed by atoms with Crippen LogP contribution in [0.25, 0.3) is 0 Å². The lowest BCUT2D eigenvalue weighted by molar-refractivity contribution is 0.391. The normalized spacial score (nSPS) is 18.9. The summed E-state index contributed by atoms with van der Waals surface area (Å²) in [6.07, 6.45) is 4.84. The van der Waals surface area contributed by atoms with Gasteiger partial charge in [-0.2, -0.15) is 5.10 Å². The number of nitrogens with two attached hydrogens (primary N) is 1. The summed E-state index contributed by atoms with van der Waals surface area (Å²) >= 11 is 0. The van der Waals surface area contributed by atoms with Gasteiger partial charge in [0.15, 0.2) is 0 Å². The van der Waals surface area contributed by atoms with Gasteiger partial charge < -0.3 is 10.6 Å². The number of aryl methyl sites for hydroxylation is 2. The molecule has 0 saturated carbocycles. The molecule has 1 fully saturated rings. The van der Waals surface area contributed by atoms with E-state index in [9.17, 15) is 0 Å². The molecule has 0 radical (unpaired) electrons. The lowest BCUT2D eigenvalue weighted by atomic mass is 9.94. The summed E-state index contributed by atoms with van der Waals surface area (Å²) < 4.78 is 2.04. The van der Waals surface area contributed by atoms with E-state index in [2.05, 4.69) is 37.8 Å². The van der Waals surface area contributed by atoms with E-state index in [0.717, 1.165) is 31.1 Å². The molecule has 2 rings (SSSR count). The predicted octanol–water partition coefficient (Wildman–Crippen LogP) is 2.24. The first-order valence-corrected chi connectivity index (χ1v) is 7.55. The van der Waals surface area contributed by atoms with Crippen molar-refractivity contribution in [3.63, 3.8) is 0 Å². The largest absolute Gasteiger partial charge is 0.357 e. The molecule has 2 heterocycles. The van der Waals surface area contributed by atoms with E-state index in [0.29, 0.717) is 0 Å². The highest BCUT2D eigenvalue weighted by Crippen LogP contribution is 2.29. The molecule has 1 aromatic heterocycles. The van der Waals surface area contributed by atoms with Gasteiger partial charge in [-0.15, -0.1) is 0 Å². The number of aromatic nitrogens is 2. The fraction of sp³-hybridized carbons (Fsp3) is 0.800. The molecule has 0 aromatic carbocycles. The van der Waals surface area contributed by atoms with Gasteiger partial charge in [0.25, 0.3) is 0 Å². The van der Waals surface area contributed by atoms with Crippen LogP contribution in [0.1, 0.15) is 44.4 Å². The SMILES string of the molecule is CCC1CCN(c2c(CC(C)N)c(C)nn2C)CC1. The monoisotopic (exact) mass is 264 g/mol. The maximum absolute atomic E-state index is 5.99. The van der Waals surface area contributed by atoms with Gasteiger partial charge in [0, 0.05) is 31.7 Å². The van der Waals surface area contributed by atoms with Crippen molar-refractivity contribution < 1.29 is 0 Å². The lowest BCUT2D eigenvalue weighted by Crippen LogP contribution is -2.35. The first-order chi connectivity index (χ1) is 9.02. The topological polar surface area (TPSA) is 47.1 Å². The van der Waals surface area contributed by atoms with Crippen molar-refractivity contribution in [1.29, 1.82) is 0 Å². The predicted molar refractivity (Wildman–Crippen MR) is 80.5 cm³/mol. The number of anilines is 1. The Morgan fingerprint density at radius 1 is 1.37 bits per heavy atom. The van der Waals surface area contributed by atoms with E-state index in [1.165, 1.54) is 30.6 Å². The third-order valence-corrected chi connectivity index (χ3v) is 4.33. The van der Waals surface area contributed by atoms with Gasteiger partial charge >= 0.3 is 0 Å². The van der Waals surface area contributed by atoms with Crippen LogP contribution in [-0.4, -0.2) is 28.9 Å². The molecule has 108 valence electrons. The molecule has 0 spiro atoms. The second-order valence-corrected chi connectivity index (χ2v) is 6.03. The summed E-state index contributed by atoms with van der Waals surface area (Å²) in [5, 5.41) is 4.60. The highest BCUT2D eigenvalue weighted by molar-refractivity contribution is 5.51. The first kappa shape index (κ1) is 14.4. The molecule has 0 bridgehead atoms. The minimum absolute atomic E-state index is 0.190. The Morgan fingerprint density at radius 3 is 2.53 bits per heavy atom. The van der Waals surface area contributed by atoms with E-state index in [1.54, 1.807) is 0 Å². The second-order valence-electron chi connectivity index (χ2n) is 6.03. The molecule has 1 saturated heterocycles. The average molecular weight is 264 g/mol. The molecule has 19 heavy (non-hydrogen) atoms. The Hall–Kier alpha value is -1.03. The molecular formula is C15H28N4. The van der Waals surface area contributed by atoms with Crippen molar-refractivity contribution in [1.82, 2.24) is 9.78 Å². The zero-order valence-corrected chi connectivity index (χ0v) is 12.8. The van der Waals surface area contributed by atoms with Crippen LogP contribution in [0, 0.1) is 12.8 Å². The third-order valence-electron chi connectivity index (χ3n) is 4.33. The summed E-state index contributed by atoms with van der Waals surface area (Å²) in [5.74, 6) is 2.20. The maximum atomic E-state index is 5.99. The van der Waals surface area contributed by atoms with Gasteiger partial charge in [-0.05, 0) is 39.0 Å². The van der Waals surface area contributed by atoms with Crippen LogP contribution in [0.2, 0.25) is 0 Å². The van der Waals surface area contributed by atoms with Crippen LogP contribution in [0.15, 0.2) is 0 Å². The number of hydrogen-bond acceptors (Lipinski definition) is 3. The summed E-state index contributed by atoms with van der Waals surface area (Å²) in [7, 11) is 2.05. The van der Waals surface area contributed by atoms with Crippen molar-refractivity contribution in [2.75, 3.05) is 18.0 Å². The van der Waals surface area contributed by atoms with Gasteiger partial charge in [-0.3, -0.25) is 4.68 Å². The van der Waals surface area contributed by atoms with Crippen molar-refractivity contribution >= 4 is 5.82 Å². The van der Waals surface area contributed by atoms with Crippen molar-refractivity contribution in [2.45, 2.75) is 52.5 Å². The van der Waals surface area contributed by atoms with E-state index in [-0.39, 0.29) is 6.04 Å². The molecular weight excluding hydrogens is 236 g/mol. The van der Waals surface area contributed by atoms with E-state index in [4.69, 9.17) is 5.73 Å². The van der Waals surface area contributed by atoms with E-state index < -0.39 is 0 Å². The zero-order chi connectivity index (χ0) is 14.0. The van der Waals surface area contributed by atoms with Crippen molar-refractivity contribution in [3.05, 3.63) is 11.3 Å². The Labute approximate surface area is 117 Å². The molecule has 1 aliphatic rings. The summed E-state index contributed by atoms with van der Waals surface area (Å²) in [6, 6.07) is 0.190. The molecule has 4 heteroatoms. The molecule has 0 amide bonds. The van der Waals surface area contributed by atoms with Crippen LogP contribution in [0.5, 0.6) is 0 Å². The number of piperidine rings is 1. The van der Waals surface area contributed by atoms with E-state index >= 15 is 0 Å². The lowest BCUT2D eigenvalue weighted by Gasteiger charge is -2.33. The van der Waals surface area contributed by atoms with Crippen LogP contribution < -0.4 is 10.6 Å². The Balaban J connectivity index is 2.19. The molecule has 1 aliphatic heterocycles. The smallest absolute Gasteiger partial charge is 0.130 e. The van der Waals surface area contributed by atoms with Gasteiger partial charge in [0.2, 0.25) is 0 Å². The summed E-state index contributed by atoms with van der Waals surface area (Å²) in [6.45, 7) is 8.78. The number of hydrogen-bond donors (Lipinski definition) is 1. The Kier molecular flexibility index (Phi) is 4.50. The van der Waals surface area contributed by atoms with Crippen LogP contribution in [0.4, 0.5) is 5.82 Å². The molecule has 1 aromatic rings. The Bertz CT molecular complexity index is 414. The van der Waals surface area contributed by atoms with Crippen LogP contribution >= 0.6 is 0 Å². The standard InChI is InChI=1S/C15H28N4/c1-5-13-6-8-19(9-7-13)15-14(10-11(2)16)12(3)17-18(15)4/h11,13H,5-10,16H2,1-4H3. The molecule has 0 aliphatic carbocycles. The fourth-order valence-electron chi connectivity index (χ4n) is 3.20. The number of rotatable bonds is 4. The third kappa shape index (κ3) is 3.11. The van der Waals surface area contributed by atoms with E-state index in [1.807, 2.05) is 4.68 Å². The summed E-state index contributed by atoms with van der Waals surface area (Å²) in [4.78, 5) is 2.50.